The fourth-order valence-corrected chi connectivity index (χ4v) is 10.0. The van der Waals surface area contributed by atoms with E-state index in [9.17, 15) is 0 Å². The maximum atomic E-state index is 7.65. The third kappa shape index (κ3) is 3.93. The minimum atomic E-state index is -1.14. The van der Waals surface area contributed by atoms with E-state index in [1.54, 1.807) is 0 Å². The summed E-state index contributed by atoms with van der Waals surface area (Å²) in [5.74, 6) is 0. The molecule has 2 unspecified atom stereocenters. The van der Waals surface area contributed by atoms with E-state index in [2.05, 4.69) is 123 Å². The molecule has 0 amide bonds. The largest absolute Gasteiger partial charge is 0.114 e. The number of benzene rings is 4. The predicted molar refractivity (Wildman–Crippen MR) is 155 cm³/mol. The third-order valence-electron chi connectivity index (χ3n) is 7.69. The quantitative estimate of drug-likeness (QED) is 0.174. The molecule has 2 aliphatic rings. The molecular weight excluding hydrogens is 531 g/mol. The van der Waals surface area contributed by atoms with E-state index in [0.29, 0.717) is 0 Å². The normalized spacial score (nSPS) is 22.1. The number of hydrogen-bond acceptors (Lipinski definition) is 0. The summed E-state index contributed by atoms with van der Waals surface area (Å²) in [6.45, 7) is 4.34. The van der Waals surface area contributed by atoms with Crippen molar-refractivity contribution in [1.29, 1.82) is 0 Å². The molecule has 0 nitrogen and oxygen atoms in total. The van der Waals surface area contributed by atoms with Crippen LogP contribution in [0.5, 0.6) is 0 Å². The standard InChI is InChI=1S/C32H26Cl2Si.Ti/c1-21-19-27-25(23-11-5-3-6-12-23)15-9-17-29(27)31(21,33)35-32(34)22(2)20-28-26(16-10-18-30(28)32)24-13-7-4-8-14-24;/h3-20H,35H2,1-2H3;. The monoisotopic (exact) mass is 556 g/mol. The van der Waals surface area contributed by atoms with Crippen LogP contribution in [0.1, 0.15) is 36.1 Å². The SMILES string of the molecule is CC1=Cc2c(-c3ccccc3)cccc2C1(Cl)[SiH2]C1(Cl)C(C)=Cc2c(-c3ccccc3)cccc21.[Ti]. The maximum Gasteiger partial charge on any atom is 0.0923 e. The Labute approximate surface area is 240 Å². The van der Waals surface area contributed by atoms with Crippen LogP contribution in [-0.2, 0) is 30.7 Å². The van der Waals surface area contributed by atoms with Crippen molar-refractivity contribution in [3.63, 3.8) is 0 Å². The van der Waals surface area contributed by atoms with Crippen LogP contribution in [0.3, 0.4) is 0 Å². The van der Waals surface area contributed by atoms with Crippen molar-refractivity contribution in [3.8, 4) is 22.3 Å². The molecular formula is C32H26Cl2SiTi. The smallest absolute Gasteiger partial charge is 0.0923 e. The van der Waals surface area contributed by atoms with Crippen molar-refractivity contribution in [2.24, 2.45) is 0 Å². The van der Waals surface area contributed by atoms with E-state index in [1.807, 2.05) is 0 Å². The molecule has 4 aromatic rings. The molecule has 0 fully saturated rings. The van der Waals surface area contributed by atoms with Gasteiger partial charge >= 0.3 is 0 Å². The number of halogens is 2. The van der Waals surface area contributed by atoms with E-state index in [0.717, 1.165) is 0 Å². The summed E-state index contributed by atoms with van der Waals surface area (Å²) in [6, 6.07) is 34.2. The minimum Gasteiger partial charge on any atom is -0.114 e. The zero-order valence-corrected chi connectivity index (χ0v) is 24.8. The van der Waals surface area contributed by atoms with Crippen LogP contribution in [-0.4, -0.2) is 9.52 Å². The van der Waals surface area contributed by atoms with Crippen LogP contribution in [0.15, 0.2) is 108 Å². The Bertz CT molecular complexity index is 1400. The number of rotatable bonds is 4. The first kappa shape index (κ1) is 25.5. The Hall–Kier alpha value is -2.13. The molecule has 4 aromatic carbocycles. The average Bonchev–Trinajstić information content (AvgIpc) is 3.29. The van der Waals surface area contributed by atoms with Crippen molar-refractivity contribution in [3.05, 3.63) is 130 Å². The second kappa shape index (κ2) is 9.63. The number of fused-ring (bicyclic) bond motifs is 2. The van der Waals surface area contributed by atoms with Gasteiger partial charge in [-0.1, -0.05) is 120 Å². The summed E-state index contributed by atoms with van der Waals surface area (Å²) in [4.78, 5) is 0. The molecule has 4 heteroatoms. The van der Waals surface area contributed by atoms with Crippen LogP contribution in [0.25, 0.3) is 34.4 Å². The van der Waals surface area contributed by atoms with Crippen LogP contribution in [0.4, 0.5) is 0 Å². The van der Waals surface area contributed by atoms with Gasteiger partial charge in [-0.2, -0.15) is 0 Å². The Kier molecular flexibility index (Phi) is 6.83. The first-order valence-corrected chi connectivity index (χ1v) is 14.2. The van der Waals surface area contributed by atoms with Gasteiger partial charge in [-0.25, -0.2) is 0 Å². The molecule has 176 valence electrons. The zero-order valence-electron chi connectivity index (χ0n) is 20.4. The van der Waals surface area contributed by atoms with Gasteiger partial charge in [0.25, 0.3) is 0 Å². The molecule has 0 bridgehead atoms. The summed E-state index contributed by atoms with van der Waals surface area (Å²) in [5.41, 5.74) is 12.2. The summed E-state index contributed by atoms with van der Waals surface area (Å²) in [5, 5.41) is 0. The van der Waals surface area contributed by atoms with Gasteiger partial charge in [0.1, 0.15) is 0 Å². The molecule has 0 radical (unpaired) electrons. The second-order valence-electron chi connectivity index (χ2n) is 9.70. The van der Waals surface area contributed by atoms with Crippen molar-refractivity contribution in [2.45, 2.75) is 22.8 Å². The number of allylic oxidation sites excluding steroid dienone is 2. The van der Waals surface area contributed by atoms with E-state index < -0.39 is 18.5 Å². The Morgan fingerprint density at radius 2 is 0.917 bits per heavy atom. The van der Waals surface area contributed by atoms with Crippen molar-refractivity contribution in [2.75, 3.05) is 0 Å². The molecule has 0 heterocycles. The van der Waals surface area contributed by atoms with Gasteiger partial charge < -0.3 is 0 Å². The zero-order chi connectivity index (χ0) is 24.2. The Morgan fingerprint density at radius 3 is 1.31 bits per heavy atom. The van der Waals surface area contributed by atoms with Gasteiger partial charge in [0.05, 0.1) is 18.5 Å². The number of alkyl halides is 2. The van der Waals surface area contributed by atoms with Gasteiger partial charge in [-0.05, 0) is 58.4 Å². The molecule has 36 heavy (non-hydrogen) atoms. The average molecular weight is 557 g/mol. The van der Waals surface area contributed by atoms with Gasteiger partial charge in [0.15, 0.2) is 0 Å². The van der Waals surface area contributed by atoms with Crippen LogP contribution >= 0.6 is 23.2 Å². The first-order chi connectivity index (χ1) is 16.9. The van der Waals surface area contributed by atoms with Crippen molar-refractivity contribution < 1.29 is 21.7 Å². The maximum absolute atomic E-state index is 7.65. The van der Waals surface area contributed by atoms with Crippen LogP contribution < -0.4 is 0 Å². The van der Waals surface area contributed by atoms with E-state index in [1.165, 1.54) is 55.7 Å². The van der Waals surface area contributed by atoms with Gasteiger partial charge in [0.2, 0.25) is 0 Å². The topological polar surface area (TPSA) is 0 Å². The Balaban J connectivity index is 0.00000267. The predicted octanol–water partition coefficient (Wildman–Crippen LogP) is 8.50. The molecule has 0 saturated carbocycles. The van der Waals surface area contributed by atoms with E-state index in [4.69, 9.17) is 23.2 Å². The van der Waals surface area contributed by atoms with E-state index >= 15 is 0 Å². The third-order valence-corrected chi connectivity index (χ3v) is 12.4. The minimum absolute atomic E-state index is 0. The van der Waals surface area contributed by atoms with Gasteiger partial charge in [0, 0.05) is 21.7 Å². The molecule has 6 rings (SSSR count). The van der Waals surface area contributed by atoms with Crippen molar-refractivity contribution in [1.82, 2.24) is 0 Å². The Morgan fingerprint density at radius 1 is 0.528 bits per heavy atom. The number of hydrogen-bond donors (Lipinski definition) is 0. The molecule has 0 saturated heterocycles. The fraction of sp³-hybridized carbons (Fsp3) is 0.125. The van der Waals surface area contributed by atoms with Crippen LogP contribution in [0.2, 0.25) is 0 Å². The van der Waals surface area contributed by atoms with E-state index in [-0.39, 0.29) is 21.7 Å². The summed E-state index contributed by atoms with van der Waals surface area (Å²) < 4.78 is -1.08. The molecule has 0 aliphatic heterocycles. The molecule has 0 spiro atoms. The van der Waals surface area contributed by atoms with Crippen molar-refractivity contribution >= 4 is 44.9 Å². The molecule has 0 aromatic heterocycles. The fourth-order valence-electron chi connectivity index (χ4n) is 5.76. The molecule has 0 N–H and O–H groups in total. The van der Waals surface area contributed by atoms with Crippen LogP contribution in [0, 0.1) is 0 Å². The second-order valence-corrected chi connectivity index (χ2v) is 14.4. The van der Waals surface area contributed by atoms with Gasteiger partial charge in [-0.3, -0.25) is 0 Å². The molecule has 2 atom stereocenters. The van der Waals surface area contributed by atoms with Gasteiger partial charge in [-0.15, -0.1) is 23.2 Å². The molecule has 2 aliphatic carbocycles. The first-order valence-electron chi connectivity index (χ1n) is 12.0. The summed E-state index contributed by atoms with van der Waals surface area (Å²) in [6.07, 6.45) is 4.57. The summed E-state index contributed by atoms with van der Waals surface area (Å²) in [7, 11) is -1.14. The summed E-state index contributed by atoms with van der Waals surface area (Å²) >= 11 is 15.3.